The predicted molar refractivity (Wildman–Crippen MR) is 66.7 cm³/mol. The molecule has 1 heterocycles. The molecule has 0 spiro atoms. The van der Waals surface area contributed by atoms with Crippen LogP contribution >= 0.6 is 11.3 Å². The smallest absolute Gasteiger partial charge is 0.123 e. The van der Waals surface area contributed by atoms with Crippen LogP contribution in [0.2, 0.25) is 0 Å². The lowest BCUT2D eigenvalue weighted by molar-refractivity contribution is 0.178. The highest BCUT2D eigenvalue weighted by Gasteiger charge is 2.12. The lowest BCUT2D eigenvalue weighted by Gasteiger charge is -2.08. The summed E-state index contributed by atoms with van der Waals surface area (Å²) in [4.78, 5) is 5.52. The van der Waals surface area contributed by atoms with Crippen molar-refractivity contribution in [3.63, 3.8) is 0 Å². The third-order valence-electron chi connectivity index (χ3n) is 2.67. The fourth-order valence-electron chi connectivity index (χ4n) is 1.62. The summed E-state index contributed by atoms with van der Waals surface area (Å²) in [6, 6.07) is 6.05. The van der Waals surface area contributed by atoms with Crippen molar-refractivity contribution in [2.45, 2.75) is 26.4 Å². The second-order valence-corrected chi connectivity index (χ2v) is 5.31. The maximum Gasteiger partial charge on any atom is 0.123 e. The normalized spacial score (nSPS) is 12.7. The molecule has 1 unspecified atom stereocenters. The molecule has 4 heteroatoms. The lowest BCUT2D eigenvalue weighted by atomic mass is 10.1. The summed E-state index contributed by atoms with van der Waals surface area (Å²) < 4.78 is 13.0. The molecule has 1 aromatic heterocycles. The van der Waals surface area contributed by atoms with Crippen LogP contribution in [-0.4, -0.2) is 10.1 Å². The van der Waals surface area contributed by atoms with Crippen molar-refractivity contribution in [2.24, 2.45) is 0 Å². The van der Waals surface area contributed by atoms with Crippen LogP contribution in [0.15, 0.2) is 24.3 Å². The van der Waals surface area contributed by atoms with E-state index in [4.69, 9.17) is 0 Å². The highest BCUT2D eigenvalue weighted by atomic mass is 32.1. The van der Waals surface area contributed by atoms with Gasteiger partial charge < -0.3 is 5.11 Å². The van der Waals surface area contributed by atoms with Crippen molar-refractivity contribution in [1.29, 1.82) is 0 Å². The minimum atomic E-state index is -0.698. The average Bonchev–Trinajstić information content (AvgIpc) is 2.58. The summed E-state index contributed by atoms with van der Waals surface area (Å²) >= 11 is 1.58. The van der Waals surface area contributed by atoms with Gasteiger partial charge in [0.25, 0.3) is 0 Å². The summed E-state index contributed by atoms with van der Waals surface area (Å²) in [6.45, 7) is 3.95. The van der Waals surface area contributed by atoms with E-state index in [0.717, 1.165) is 15.6 Å². The predicted octanol–water partition coefficient (Wildman–Crippen LogP) is 3.18. The lowest BCUT2D eigenvalue weighted by Crippen LogP contribution is -2.01. The Labute approximate surface area is 104 Å². The number of aromatic nitrogens is 1. The zero-order valence-electron chi connectivity index (χ0n) is 9.77. The summed E-state index contributed by atoms with van der Waals surface area (Å²) in [5.74, 6) is -0.326. The van der Waals surface area contributed by atoms with E-state index in [0.29, 0.717) is 12.0 Å². The van der Waals surface area contributed by atoms with Gasteiger partial charge >= 0.3 is 0 Å². The molecule has 2 nitrogen and oxygen atoms in total. The Hall–Kier alpha value is -1.26. The minimum Gasteiger partial charge on any atom is -0.388 e. The van der Waals surface area contributed by atoms with Crippen molar-refractivity contribution in [1.82, 2.24) is 4.98 Å². The van der Waals surface area contributed by atoms with Crippen molar-refractivity contribution in [3.05, 3.63) is 51.2 Å². The molecule has 2 aromatic rings. The molecule has 0 aliphatic heterocycles. The maximum absolute atomic E-state index is 13.0. The second-order valence-electron chi connectivity index (χ2n) is 4.02. The van der Waals surface area contributed by atoms with E-state index in [1.165, 1.54) is 12.1 Å². The number of halogens is 1. The van der Waals surface area contributed by atoms with E-state index in [-0.39, 0.29) is 5.82 Å². The fourth-order valence-corrected chi connectivity index (χ4v) is 2.59. The van der Waals surface area contributed by atoms with Crippen LogP contribution in [0.25, 0.3) is 0 Å². The molecule has 0 radical (unpaired) electrons. The van der Waals surface area contributed by atoms with E-state index >= 15 is 0 Å². The molecule has 0 saturated carbocycles. The van der Waals surface area contributed by atoms with E-state index in [2.05, 4.69) is 4.98 Å². The quantitative estimate of drug-likeness (QED) is 0.909. The van der Waals surface area contributed by atoms with Gasteiger partial charge in [-0.05, 0) is 31.5 Å². The van der Waals surface area contributed by atoms with E-state index in [1.807, 2.05) is 13.8 Å². The number of aliphatic hydroxyl groups excluding tert-OH is 1. The Kier molecular flexibility index (Phi) is 3.54. The molecule has 2 rings (SSSR count). The number of aliphatic hydroxyl groups is 1. The highest BCUT2D eigenvalue weighted by molar-refractivity contribution is 7.11. The van der Waals surface area contributed by atoms with Crippen molar-refractivity contribution in [2.75, 3.05) is 0 Å². The molecule has 0 amide bonds. The summed E-state index contributed by atoms with van der Waals surface area (Å²) in [6.07, 6.45) is -0.265. The zero-order chi connectivity index (χ0) is 12.4. The third kappa shape index (κ3) is 2.90. The Morgan fingerprint density at radius 1 is 1.41 bits per heavy atom. The van der Waals surface area contributed by atoms with Crippen molar-refractivity contribution < 1.29 is 9.50 Å². The van der Waals surface area contributed by atoms with Gasteiger partial charge in [-0.15, -0.1) is 11.3 Å². The first-order valence-corrected chi connectivity index (χ1v) is 6.24. The topological polar surface area (TPSA) is 33.1 Å². The largest absolute Gasteiger partial charge is 0.388 e. The van der Waals surface area contributed by atoms with Gasteiger partial charge in [-0.1, -0.05) is 12.1 Å². The average molecular weight is 251 g/mol. The standard InChI is InChI=1S/C13H14FNOS/c1-8-9(2)17-13(15-8)7-12(16)10-4-3-5-11(14)6-10/h3-6,12,16H,7H2,1-2H3. The molecule has 1 atom stereocenters. The maximum atomic E-state index is 13.0. The fraction of sp³-hybridized carbons (Fsp3) is 0.308. The van der Waals surface area contributed by atoms with Crippen molar-refractivity contribution in [3.8, 4) is 0 Å². The van der Waals surface area contributed by atoms with E-state index in [1.54, 1.807) is 23.5 Å². The second kappa shape index (κ2) is 4.94. The highest BCUT2D eigenvalue weighted by Crippen LogP contribution is 2.23. The number of hydrogen-bond donors (Lipinski definition) is 1. The van der Waals surface area contributed by atoms with E-state index in [9.17, 15) is 9.50 Å². The number of hydrogen-bond acceptors (Lipinski definition) is 3. The van der Waals surface area contributed by atoms with Gasteiger partial charge in [0.15, 0.2) is 0 Å². The molecule has 0 aliphatic rings. The first kappa shape index (κ1) is 12.2. The third-order valence-corrected chi connectivity index (χ3v) is 3.77. The van der Waals surface area contributed by atoms with Gasteiger partial charge in [0.05, 0.1) is 16.8 Å². The number of nitrogens with zero attached hydrogens (tertiary/aromatic N) is 1. The molecule has 90 valence electrons. The molecule has 17 heavy (non-hydrogen) atoms. The van der Waals surface area contributed by atoms with E-state index < -0.39 is 6.10 Å². The Morgan fingerprint density at radius 3 is 2.76 bits per heavy atom. The molecule has 0 aliphatic carbocycles. The minimum absolute atomic E-state index is 0.326. The van der Waals surface area contributed by atoms with Gasteiger partial charge in [0, 0.05) is 11.3 Å². The molecular formula is C13H14FNOS. The summed E-state index contributed by atoms with van der Waals surface area (Å²) in [5, 5.41) is 10.9. The molecule has 1 aromatic carbocycles. The van der Waals surface area contributed by atoms with Crippen LogP contribution in [0.3, 0.4) is 0 Å². The first-order valence-electron chi connectivity index (χ1n) is 5.42. The molecular weight excluding hydrogens is 237 g/mol. The number of aryl methyl sites for hydroxylation is 2. The molecule has 0 bridgehead atoms. The van der Waals surface area contributed by atoms with Gasteiger partial charge in [-0.25, -0.2) is 9.37 Å². The zero-order valence-corrected chi connectivity index (χ0v) is 10.6. The monoisotopic (exact) mass is 251 g/mol. The van der Waals surface area contributed by atoms with Gasteiger partial charge in [-0.3, -0.25) is 0 Å². The van der Waals surface area contributed by atoms with Gasteiger partial charge in [-0.2, -0.15) is 0 Å². The van der Waals surface area contributed by atoms with Crippen LogP contribution in [-0.2, 0) is 6.42 Å². The van der Waals surface area contributed by atoms with Crippen LogP contribution < -0.4 is 0 Å². The number of rotatable bonds is 3. The SMILES string of the molecule is Cc1nc(CC(O)c2cccc(F)c2)sc1C. The Morgan fingerprint density at radius 2 is 2.18 bits per heavy atom. The summed E-state index contributed by atoms with van der Waals surface area (Å²) in [7, 11) is 0. The number of benzene rings is 1. The van der Waals surface area contributed by atoms with Crippen LogP contribution in [0.1, 0.15) is 27.2 Å². The van der Waals surface area contributed by atoms with Gasteiger partial charge in [0.1, 0.15) is 5.82 Å². The summed E-state index contributed by atoms with van der Waals surface area (Å²) in [5.41, 5.74) is 1.59. The first-order chi connectivity index (χ1) is 8.06. The Bertz CT molecular complexity index is 504. The molecule has 0 fully saturated rings. The van der Waals surface area contributed by atoms with Crippen LogP contribution in [0.5, 0.6) is 0 Å². The molecule has 1 N–H and O–H groups in total. The van der Waals surface area contributed by atoms with Crippen LogP contribution in [0.4, 0.5) is 4.39 Å². The number of thiazole rings is 1. The van der Waals surface area contributed by atoms with Crippen molar-refractivity contribution >= 4 is 11.3 Å². The van der Waals surface area contributed by atoms with Crippen LogP contribution in [0, 0.1) is 19.7 Å². The molecule has 0 saturated heterocycles. The Balaban J connectivity index is 2.14. The van der Waals surface area contributed by atoms with Gasteiger partial charge in [0.2, 0.25) is 0 Å².